The van der Waals surface area contributed by atoms with Gasteiger partial charge >= 0.3 is 11.9 Å². The summed E-state index contributed by atoms with van der Waals surface area (Å²) in [4.78, 5) is 47.9. The van der Waals surface area contributed by atoms with Gasteiger partial charge in [-0.15, -0.1) is 0 Å². The highest BCUT2D eigenvalue weighted by molar-refractivity contribution is 6.02. The van der Waals surface area contributed by atoms with Crippen LogP contribution in [0.25, 0.3) is 12.2 Å². The first kappa shape index (κ1) is 27.5. The van der Waals surface area contributed by atoms with Crippen LogP contribution in [0.4, 0.5) is 8.78 Å². The molecule has 0 aliphatic heterocycles. The summed E-state index contributed by atoms with van der Waals surface area (Å²) in [7, 11) is 0. The van der Waals surface area contributed by atoms with Crippen molar-refractivity contribution in [1.82, 2.24) is 0 Å². The van der Waals surface area contributed by atoms with Gasteiger partial charge < -0.3 is 9.47 Å². The Morgan fingerprint density at radius 3 is 1.20 bits per heavy atom. The van der Waals surface area contributed by atoms with Crippen LogP contribution >= 0.6 is 0 Å². The summed E-state index contributed by atoms with van der Waals surface area (Å²) in [5.74, 6) is -2.77. The van der Waals surface area contributed by atoms with E-state index in [1.165, 1.54) is 72.8 Å². The first-order valence-electron chi connectivity index (χ1n) is 11.9. The number of ether oxygens (including phenoxy) is 2. The number of hydrogen-bond donors (Lipinski definition) is 0. The lowest BCUT2D eigenvalue weighted by atomic mass is 10.0. The molecule has 0 heterocycles. The largest absolute Gasteiger partial charge is 0.423 e. The van der Waals surface area contributed by atoms with Crippen molar-refractivity contribution < 1.29 is 37.4 Å². The number of carbonyl (C=O) groups is 4. The normalized spacial score (nSPS) is 11.4. The number of aldehydes is 2. The summed E-state index contributed by atoms with van der Waals surface area (Å²) in [6.45, 7) is 0. The fourth-order valence-electron chi connectivity index (χ4n) is 3.57. The minimum atomic E-state index is -0.853. The Kier molecular flexibility index (Phi) is 8.84. The third-order valence-corrected chi connectivity index (χ3v) is 5.60. The van der Waals surface area contributed by atoms with Crippen molar-refractivity contribution in [3.63, 3.8) is 0 Å². The number of hydrogen-bond acceptors (Lipinski definition) is 6. The number of esters is 2. The summed E-state index contributed by atoms with van der Waals surface area (Å²) >= 11 is 0. The van der Waals surface area contributed by atoms with Crippen molar-refractivity contribution >= 4 is 36.7 Å². The molecule has 0 saturated heterocycles. The van der Waals surface area contributed by atoms with E-state index in [9.17, 15) is 28.0 Å². The molecule has 198 valence electrons. The average molecular weight is 539 g/mol. The van der Waals surface area contributed by atoms with Crippen molar-refractivity contribution in [2.24, 2.45) is 0 Å². The molecule has 0 aliphatic rings. The van der Waals surface area contributed by atoms with Gasteiger partial charge in [0.2, 0.25) is 0 Å². The minimum absolute atomic E-state index is 0.0844. The lowest BCUT2D eigenvalue weighted by Crippen LogP contribution is -2.10. The van der Waals surface area contributed by atoms with Crippen molar-refractivity contribution in [2.75, 3.05) is 0 Å². The Morgan fingerprint density at radius 1 is 0.525 bits per heavy atom. The first-order valence-corrected chi connectivity index (χ1v) is 11.9. The quantitative estimate of drug-likeness (QED) is 0.0821. The zero-order valence-corrected chi connectivity index (χ0v) is 20.8. The van der Waals surface area contributed by atoms with Gasteiger partial charge in [0.15, 0.2) is 12.6 Å². The van der Waals surface area contributed by atoms with E-state index in [0.717, 1.165) is 12.1 Å². The van der Waals surface area contributed by atoms with Crippen LogP contribution in [0.3, 0.4) is 0 Å². The molecular weight excluding hydrogens is 518 g/mol. The van der Waals surface area contributed by atoms with Gasteiger partial charge in [0.1, 0.15) is 23.1 Å². The Bertz CT molecular complexity index is 1500. The zero-order chi connectivity index (χ0) is 28.5. The molecule has 0 atom stereocenters. The summed E-state index contributed by atoms with van der Waals surface area (Å²) < 4.78 is 38.0. The molecule has 0 bridgehead atoms. The van der Waals surface area contributed by atoms with E-state index in [0.29, 0.717) is 23.7 Å². The van der Waals surface area contributed by atoms with Crippen LogP contribution in [0, 0.1) is 11.6 Å². The predicted molar refractivity (Wildman–Crippen MR) is 144 cm³/mol. The Balaban J connectivity index is 1.46. The fraction of sp³-hybridized carbons (Fsp3) is 0. The average Bonchev–Trinajstić information content (AvgIpc) is 2.97. The van der Waals surface area contributed by atoms with Crippen LogP contribution < -0.4 is 9.47 Å². The molecule has 0 amide bonds. The van der Waals surface area contributed by atoms with E-state index >= 15 is 0 Å². The molecule has 6 nitrogen and oxygen atoms in total. The van der Waals surface area contributed by atoms with E-state index in [2.05, 4.69) is 0 Å². The molecule has 4 aromatic rings. The van der Waals surface area contributed by atoms with Crippen LogP contribution in [0.1, 0.15) is 31.8 Å². The zero-order valence-electron chi connectivity index (χ0n) is 20.8. The maximum Gasteiger partial charge on any atom is 0.346 e. The van der Waals surface area contributed by atoms with Gasteiger partial charge in [-0.25, -0.2) is 18.4 Å². The Labute approximate surface area is 227 Å². The second-order valence-corrected chi connectivity index (χ2v) is 8.31. The molecule has 0 saturated carbocycles. The third kappa shape index (κ3) is 6.87. The lowest BCUT2D eigenvalue weighted by Gasteiger charge is -2.06. The van der Waals surface area contributed by atoms with Crippen molar-refractivity contribution in [3.05, 3.63) is 142 Å². The van der Waals surface area contributed by atoms with Gasteiger partial charge in [0, 0.05) is 11.1 Å². The van der Waals surface area contributed by atoms with E-state index < -0.39 is 23.6 Å². The lowest BCUT2D eigenvalue weighted by molar-refractivity contribution is -0.107. The van der Waals surface area contributed by atoms with Gasteiger partial charge in [-0.2, -0.15) is 0 Å². The highest BCUT2D eigenvalue weighted by Crippen LogP contribution is 2.21. The van der Waals surface area contributed by atoms with Crippen molar-refractivity contribution in [3.8, 4) is 11.5 Å². The summed E-state index contributed by atoms with van der Waals surface area (Å²) in [6.07, 6.45) is 3.99. The smallest absolute Gasteiger partial charge is 0.346 e. The van der Waals surface area contributed by atoms with E-state index in [-0.39, 0.29) is 33.8 Å². The van der Waals surface area contributed by atoms with Crippen LogP contribution in [0.5, 0.6) is 11.5 Å². The first-order chi connectivity index (χ1) is 19.4. The number of benzene rings is 4. The maximum absolute atomic E-state index is 13.8. The number of rotatable bonds is 9. The van der Waals surface area contributed by atoms with Gasteiger partial charge in [-0.1, -0.05) is 48.5 Å². The molecule has 8 heteroatoms. The van der Waals surface area contributed by atoms with Crippen molar-refractivity contribution in [2.45, 2.75) is 0 Å². The Hall–Kier alpha value is -5.50. The molecule has 4 aromatic carbocycles. The van der Waals surface area contributed by atoms with Gasteiger partial charge in [0.05, 0.1) is 11.1 Å². The highest BCUT2D eigenvalue weighted by Gasteiger charge is 2.14. The molecule has 0 aliphatic carbocycles. The SMILES string of the molecule is O=CC(=C\c1ccc(OC(=O)c2ccccc2F)cc1)/C(C=O)=C/c1ccc(OC(=O)c2ccccc2F)cc1. The minimum Gasteiger partial charge on any atom is -0.423 e. The van der Waals surface area contributed by atoms with E-state index in [1.54, 1.807) is 24.3 Å². The predicted octanol–water partition coefficient (Wildman–Crippen LogP) is 6.27. The highest BCUT2D eigenvalue weighted by atomic mass is 19.1. The molecule has 0 N–H and O–H groups in total. The van der Waals surface area contributed by atoms with E-state index in [1.807, 2.05) is 0 Å². The van der Waals surface area contributed by atoms with Crippen LogP contribution in [0.15, 0.2) is 108 Å². The number of allylic oxidation sites excluding steroid dienone is 2. The molecule has 0 fully saturated rings. The maximum atomic E-state index is 13.8. The third-order valence-electron chi connectivity index (χ3n) is 5.60. The number of carbonyl (C=O) groups excluding carboxylic acids is 4. The Morgan fingerprint density at radius 2 is 0.875 bits per heavy atom. The van der Waals surface area contributed by atoms with Crippen LogP contribution in [0.2, 0.25) is 0 Å². The molecule has 0 aromatic heterocycles. The molecule has 4 rings (SSSR count). The summed E-state index contributed by atoms with van der Waals surface area (Å²) in [5, 5.41) is 0. The molecule has 40 heavy (non-hydrogen) atoms. The molecule has 0 radical (unpaired) electrons. The van der Waals surface area contributed by atoms with Crippen molar-refractivity contribution in [1.29, 1.82) is 0 Å². The standard InChI is InChI=1S/C32H20F2O6/c33-29-7-3-1-5-27(29)31(37)39-25-13-9-21(10-14-25)17-23(19-35)24(20-36)18-22-11-15-26(16-12-22)40-32(38)28-6-2-4-8-30(28)34/h1-20H/b23-17+,24-18+. The topological polar surface area (TPSA) is 86.7 Å². The summed E-state index contributed by atoms with van der Waals surface area (Å²) in [5.41, 5.74) is 0.840. The van der Waals surface area contributed by atoms with Crippen LogP contribution in [-0.2, 0) is 9.59 Å². The van der Waals surface area contributed by atoms with Crippen LogP contribution in [-0.4, -0.2) is 24.5 Å². The van der Waals surface area contributed by atoms with E-state index in [4.69, 9.17) is 9.47 Å². The fourth-order valence-corrected chi connectivity index (χ4v) is 3.57. The second kappa shape index (κ2) is 12.8. The van der Waals surface area contributed by atoms with Gasteiger partial charge in [-0.3, -0.25) is 9.59 Å². The molecule has 0 spiro atoms. The monoisotopic (exact) mass is 538 g/mol. The molecular formula is C32H20F2O6. The summed E-state index contributed by atoms with van der Waals surface area (Å²) in [6, 6.07) is 23.0. The van der Waals surface area contributed by atoms with Gasteiger partial charge in [0.25, 0.3) is 0 Å². The second-order valence-electron chi connectivity index (χ2n) is 8.31. The number of halogens is 2. The van der Waals surface area contributed by atoms with Gasteiger partial charge in [-0.05, 0) is 71.8 Å². The molecule has 0 unspecified atom stereocenters.